The van der Waals surface area contributed by atoms with Crippen molar-refractivity contribution < 1.29 is 4.79 Å². The number of benzene rings is 2. The van der Waals surface area contributed by atoms with Gasteiger partial charge >= 0.3 is 0 Å². The molecular formula is C23H25N3O. The van der Waals surface area contributed by atoms with Gasteiger partial charge in [0, 0.05) is 18.3 Å². The molecule has 0 saturated heterocycles. The third kappa shape index (κ3) is 5.23. The Labute approximate surface area is 160 Å². The van der Waals surface area contributed by atoms with Gasteiger partial charge in [0.25, 0.3) is 5.91 Å². The lowest BCUT2D eigenvalue weighted by Gasteiger charge is -2.09. The molecule has 1 heterocycles. The summed E-state index contributed by atoms with van der Waals surface area (Å²) >= 11 is 0. The smallest absolute Gasteiger partial charge is 0.259 e. The summed E-state index contributed by atoms with van der Waals surface area (Å²) in [6.07, 6.45) is 5.70. The third-order valence-electron chi connectivity index (χ3n) is 4.51. The van der Waals surface area contributed by atoms with Gasteiger partial charge < -0.3 is 5.32 Å². The Morgan fingerprint density at radius 1 is 1.00 bits per heavy atom. The molecule has 0 fully saturated rings. The fourth-order valence-corrected chi connectivity index (χ4v) is 2.94. The highest BCUT2D eigenvalue weighted by Gasteiger charge is 2.12. The Morgan fingerprint density at radius 2 is 1.74 bits per heavy atom. The Hall–Kier alpha value is -3.01. The molecule has 3 rings (SSSR count). The van der Waals surface area contributed by atoms with E-state index in [0.29, 0.717) is 17.7 Å². The lowest BCUT2D eigenvalue weighted by atomic mass is 10.1. The van der Waals surface area contributed by atoms with Gasteiger partial charge in [0.05, 0.1) is 11.3 Å². The van der Waals surface area contributed by atoms with Crippen molar-refractivity contribution >= 4 is 11.6 Å². The Kier molecular flexibility index (Phi) is 6.31. The van der Waals surface area contributed by atoms with E-state index < -0.39 is 0 Å². The molecule has 0 spiro atoms. The summed E-state index contributed by atoms with van der Waals surface area (Å²) in [5.41, 5.74) is 4.42. The minimum Gasteiger partial charge on any atom is -0.322 e. The zero-order chi connectivity index (χ0) is 19.1. The molecule has 1 amide bonds. The highest BCUT2D eigenvalue weighted by molar-refractivity contribution is 6.04. The van der Waals surface area contributed by atoms with Crippen molar-refractivity contribution in [3.8, 4) is 0 Å². The maximum Gasteiger partial charge on any atom is 0.259 e. The lowest BCUT2D eigenvalue weighted by molar-refractivity contribution is 0.102. The topological polar surface area (TPSA) is 54.9 Å². The van der Waals surface area contributed by atoms with E-state index in [1.54, 1.807) is 6.20 Å². The first kappa shape index (κ1) is 18.8. The molecular weight excluding hydrogens is 334 g/mol. The summed E-state index contributed by atoms with van der Waals surface area (Å²) in [7, 11) is 0. The first-order valence-electron chi connectivity index (χ1n) is 9.42. The number of nitrogens with zero attached hydrogens (tertiary/aromatic N) is 2. The van der Waals surface area contributed by atoms with E-state index in [4.69, 9.17) is 0 Å². The minimum atomic E-state index is -0.180. The van der Waals surface area contributed by atoms with Gasteiger partial charge in [0.1, 0.15) is 5.82 Å². The molecule has 0 bridgehead atoms. The normalized spacial score (nSPS) is 10.6. The van der Waals surface area contributed by atoms with Crippen LogP contribution in [-0.2, 0) is 12.8 Å². The maximum absolute atomic E-state index is 12.6. The van der Waals surface area contributed by atoms with Gasteiger partial charge in [-0.1, -0.05) is 55.8 Å². The molecule has 0 aliphatic heterocycles. The predicted octanol–water partition coefficient (Wildman–Crippen LogP) is 4.97. The predicted molar refractivity (Wildman–Crippen MR) is 109 cm³/mol. The SMILES string of the molecule is CCCCc1ccc(NC(=O)c2cnc(Cc3ccccc3)nc2C)cc1. The summed E-state index contributed by atoms with van der Waals surface area (Å²) in [6.45, 7) is 4.03. The van der Waals surface area contributed by atoms with E-state index in [-0.39, 0.29) is 5.91 Å². The van der Waals surface area contributed by atoms with E-state index in [1.807, 2.05) is 49.4 Å². The van der Waals surface area contributed by atoms with Crippen LogP contribution in [0.5, 0.6) is 0 Å². The number of aryl methyl sites for hydroxylation is 2. The first-order valence-corrected chi connectivity index (χ1v) is 9.42. The van der Waals surface area contributed by atoms with Crippen LogP contribution in [0, 0.1) is 6.92 Å². The van der Waals surface area contributed by atoms with Gasteiger partial charge in [-0.3, -0.25) is 4.79 Å². The molecule has 3 aromatic rings. The number of carbonyl (C=O) groups is 1. The van der Waals surface area contributed by atoms with Crippen molar-refractivity contribution in [3.05, 3.63) is 89.0 Å². The van der Waals surface area contributed by atoms with Gasteiger partial charge in [0.15, 0.2) is 0 Å². The van der Waals surface area contributed by atoms with E-state index in [0.717, 1.165) is 23.5 Å². The Balaban J connectivity index is 1.66. The molecule has 0 aliphatic rings. The van der Waals surface area contributed by atoms with Crippen LogP contribution in [-0.4, -0.2) is 15.9 Å². The fourth-order valence-electron chi connectivity index (χ4n) is 2.94. The van der Waals surface area contributed by atoms with E-state index in [9.17, 15) is 4.79 Å². The van der Waals surface area contributed by atoms with Gasteiger partial charge in [-0.25, -0.2) is 9.97 Å². The highest BCUT2D eigenvalue weighted by Crippen LogP contribution is 2.15. The highest BCUT2D eigenvalue weighted by atomic mass is 16.1. The van der Waals surface area contributed by atoms with Crippen molar-refractivity contribution in [2.75, 3.05) is 5.32 Å². The fraction of sp³-hybridized carbons (Fsp3) is 0.261. The number of unbranched alkanes of at least 4 members (excludes halogenated alkanes) is 1. The Morgan fingerprint density at radius 3 is 2.41 bits per heavy atom. The number of nitrogens with one attached hydrogen (secondary N) is 1. The van der Waals surface area contributed by atoms with Crippen molar-refractivity contribution in [1.82, 2.24) is 9.97 Å². The zero-order valence-electron chi connectivity index (χ0n) is 15.9. The van der Waals surface area contributed by atoms with Crippen LogP contribution in [0.4, 0.5) is 5.69 Å². The van der Waals surface area contributed by atoms with Crippen molar-refractivity contribution in [3.63, 3.8) is 0 Å². The number of hydrogen-bond acceptors (Lipinski definition) is 3. The number of carbonyl (C=O) groups excluding carboxylic acids is 1. The maximum atomic E-state index is 12.6. The third-order valence-corrected chi connectivity index (χ3v) is 4.51. The summed E-state index contributed by atoms with van der Waals surface area (Å²) in [6, 6.07) is 18.1. The van der Waals surface area contributed by atoms with Crippen LogP contribution in [0.1, 0.15) is 52.8 Å². The molecule has 0 aliphatic carbocycles. The van der Waals surface area contributed by atoms with Crippen molar-refractivity contribution in [1.29, 1.82) is 0 Å². The average molecular weight is 359 g/mol. The molecule has 27 heavy (non-hydrogen) atoms. The molecule has 138 valence electrons. The molecule has 4 heteroatoms. The van der Waals surface area contributed by atoms with Crippen LogP contribution in [0.25, 0.3) is 0 Å². The number of amides is 1. The van der Waals surface area contributed by atoms with Crippen LogP contribution in [0.3, 0.4) is 0 Å². The minimum absolute atomic E-state index is 0.180. The van der Waals surface area contributed by atoms with Gasteiger partial charge in [0.2, 0.25) is 0 Å². The van der Waals surface area contributed by atoms with Gasteiger partial charge in [-0.05, 0) is 43.0 Å². The number of hydrogen-bond donors (Lipinski definition) is 1. The van der Waals surface area contributed by atoms with Crippen molar-refractivity contribution in [2.45, 2.75) is 39.5 Å². The summed E-state index contributed by atoms with van der Waals surface area (Å²) < 4.78 is 0. The lowest BCUT2D eigenvalue weighted by Crippen LogP contribution is -2.15. The molecule has 4 nitrogen and oxygen atoms in total. The van der Waals surface area contributed by atoms with Crippen molar-refractivity contribution in [2.24, 2.45) is 0 Å². The zero-order valence-corrected chi connectivity index (χ0v) is 15.9. The molecule has 0 unspecified atom stereocenters. The molecule has 1 aromatic heterocycles. The summed E-state index contributed by atoms with van der Waals surface area (Å²) in [5, 5.41) is 2.93. The quantitative estimate of drug-likeness (QED) is 0.648. The number of anilines is 1. The largest absolute Gasteiger partial charge is 0.322 e. The molecule has 0 saturated carbocycles. The molecule has 2 aromatic carbocycles. The molecule has 1 N–H and O–H groups in total. The molecule has 0 atom stereocenters. The van der Waals surface area contributed by atoms with Gasteiger partial charge in [-0.15, -0.1) is 0 Å². The number of aromatic nitrogens is 2. The van der Waals surface area contributed by atoms with E-state index in [2.05, 4.69) is 34.3 Å². The monoisotopic (exact) mass is 359 g/mol. The summed E-state index contributed by atoms with van der Waals surface area (Å²) in [5.74, 6) is 0.538. The second-order valence-corrected chi connectivity index (χ2v) is 6.70. The van der Waals surface area contributed by atoms with Crippen LogP contribution < -0.4 is 5.32 Å². The first-order chi connectivity index (χ1) is 13.2. The Bertz CT molecular complexity index is 889. The second kappa shape index (κ2) is 9.08. The van der Waals surface area contributed by atoms with E-state index >= 15 is 0 Å². The summed E-state index contributed by atoms with van der Waals surface area (Å²) in [4.78, 5) is 21.5. The molecule has 0 radical (unpaired) electrons. The van der Waals surface area contributed by atoms with Crippen LogP contribution in [0.15, 0.2) is 60.8 Å². The average Bonchev–Trinajstić information content (AvgIpc) is 2.68. The second-order valence-electron chi connectivity index (χ2n) is 6.70. The standard InChI is InChI=1S/C23H25N3O/c1-3-4-8-18-11-13-20(14-12-18)26-23(27)21-16-24-22(25-17(21)2)15-19-9-6-5-7-10-19/h5-7,9-14,16H,3-4,8,15H2,1-2H3,(H,26,27). The van der Waals surface area contributed by atoms with Crippen LogP contribution >= 0.6 is 0 Å². The number of rotatable bonds is 7. The van der Waals surface area contributed by atoms with Gasteiger partial charge in [-0.2, -0.15) is 0 Å². The van der Waals surface area contributed by atoms with E-state index in [1.165, 1.54) is 18.4 Å². The van der Waals surface area contributed by atoms with Crippen LogP contribution in [0.2, 0.25) is 0 Å².